The van der Waals surface area contributed by atoms with Crippen LogP contribution >= 0.6 is 0 Å². The third kappa shape index (κ3) is 5.51. The number of unbranched alkanes of at least 4 members (excludes halogenated alkanes) is 1. The summed E-state index contributed by atoms with van der Waals surface area (Å²) in [5.74, 6) is 0.996. The lowest BCUT2D eigenvalue weighted by Crippen LogP contribution is -2.25. The Hall–Kier alpha value is -1.07. The van der Waals surface area contributed by atoms with Gasteiger partial charge in [0.05, 0.1) is 12.4 Å². The quantitative estimate of drug-likeness (QED) is 0.789. The van der Waals surface area contributed by atoms with E-state index in [2.05, 4.69) is 4.72 Å². The van der Waals surface area contributed by atoms with Crippen LogP contribution in [-0.2, 0) is 16.6 Å². The smallest absolute Gasteiger partial charge is 0.211 e. The minimum atomic E-state index is -3.14. The van der Waals surface area contributed by atoms with Gasteiger partial charge >= 0.3 is 0 Å². The Balaban J connectivity index is 2.48. The second kappa shape index (κ2) is 7.38. The van der Waals surface area contributed by atoms with E-state index in [0.29, 0.717) is 19.6 Å². The van der Waals surface area contributed by atoms with Gasteiger partial charge in [0.15, 0.2) is 0 Å². The average molecular weight is 271 g/mol. The fourth-order valence-electron chi connectivity index (χ4n) is 1.47. The summed E-state index contributed by atoms with van der Waals surface area (Å²) in [6.07, 6.45) is 1.57. The molecule has 0 unspecified atom stereocenters. The molecule has 0 saturated heterocycles. The molecule has 0 spiro atoms. The number of rotatable bonds is 8. The average Bonchev–Trinajstić information content (AvgIpc) is 2.36. The lowest BCUT2D eigenvalue weighted by Gasteiger charge is -2.07. The first-order chi connectivity index (χ1) is 8.57. The van der Waals surface area contributed by atoms with E-state index in [4.69, 9.17) is 4.74 Å². The highest BCUT2D eigenvalue weighted by Gasteiger charge is 2.08. The van der Waals surface area contributed by atoms with Crippen LogP contribution in [0.1, 0.15) is 32.3 Å². The minimum Gasteiger partial charge on any atom is -0.494 e. The van der Waals surface area contributed by atoms with Crippen LogP contribution in [0, 0.1) is 0 Å². The molecule has 4 nitrogen and oxygen atoms in total. The van der Waals surface area contributed by atoms with Crippen LogP contribution in [0.4, 0.5) is 0 Å². The molecule has 0 saturated carbocycles. The molecule has 18 heavy (non-hydrogen) atoms. The Morgan fingerprint density at radius 1 is 1.17 bits per heavy atom. The summed E-state index contributed by atoms with van der Waals surface area (Å²) in [6.45, 7) is 4.86. The highest BCUT2D eigenvalue weighted by molar-refractivity contribution is 7.89. The van der Waals surface area contributed by atoms with Crippen LogP contribution in [0.3, 0.4) is 0 Å². The van der Waals surface area contributed by atoms with Crippen LogP contribution < -0.4 is 9.46 Å². The summed E-state index contributed by atoms with van der Waals surface area (Å²) in [5.41, 5.74) is 0.929. The van der Waals surface area contributed by atoms with Crippen molar-refractivity contribution < 1.29 is 13.2 Å². The fraction of sp³-hybridized carbons (Fsp3) is 0.538. The summed E-state index contributed by atoms with van der Waals surface area (Å²) in [7, 11) is -3.14. The molecule has 102 valence electrons. The zero-order chi connectivity index (χ0) is 13.4. The largest absolute Gasteiger partial charge is 0.494 e. The van der Waals surface area contributed by atoms with Crippen molar-refractivity contribution in [3.8, 4) is 5.75 Å². The van der Waals surface area contributed by atoms with E-state index < -0.39 is 10.0 Å². The molecule has 0 aliphatic rings. The summed E-state index contributed by atoms with van der Waals surface area (Å²) in [4.78, 5) is 0. The lowest BCUT2D eigenvalue weighted by atomic mass is 10.2. The summed E-state index contributed by atoms with van der Waals surface area (Å²) in [5, 5.41) is 0. The monoisotopic (exact) mass is 271 g/mol. The third-order valence-electron chi connectivity index (χ3n) is 2.50. The Labute approximate surface area is 109 Å². The van der Waals surface area contributed by atoms with Gasteiger partial charge in [0.2, 0.25) is 10.0 Å². The van der Waals surface area contributed by atoms with Crippen molar-refractivity contribution in [1.82, 2.24) is 4.72 Å². The zero-order valence-corrected chi connectivity index (χ0v) is 11.8. The predicted octanol–water partition coefficient (Wildman–Crippen LogP) is 2.30. The van der Waals surface area contributed by atoms with Gasteiger partial charge in [0.25, 0.3) is 0 Å². The summed E-state index contributed by atoms with van der Waals surface area (Å²) >= 11 is 0. The SMILES string of the molecule is CCCCS(=O)(=O)NCc1ccc(OCC)cc1. The van der Waals surface area contributed by atoms with E-state index in [1.807, 2.05) is 38.1 Å². The molecule has 1 N–H and O–H groups in total. The summed E-state index contributed by atoms with van der Waals surface area (Å²) < 4.78 is 31.1. The number of sulfonamides is 1. The molecular weight excluding hydrogens is 250 g/mol. The van der Waals surface area contributed by atoms with Gasteiger partial charge in [-0.25, -0.2) is 13.1 Å². The molecule has 0 aliphatic heterocycles. The van der Waals surface area contributed by atoms with Gasteiger partial charge in [-0.05, 0) is 31.0 Å². The number of benzene rings is 1. The Kier molecular flexibility index (Phi) is 6.15. The van der Waals surface area contributed by atoms with Gasteiger partial charge in [-0.1, -0.05) is 25.5 Å². The van der Waals surface area contributed by atoms with Crippen molar-refractivity contribution in [3.63, 3.8) is 0 Å². The first kappa shape index (κ1) is 15.0. The first-order valence-electron chi connectivity index (χ1n) is 6.26. The highest BCUT2D eigenvalue weighted by atomic mass is 32.2. The maximum atomic E-state index is 11.6. The molecular formula is C13H21NO3S. The molecule has 0 atom stereocenters. The zero-order valence-electron chi connectivity index (χ0n) is 11.0. The van der Waals surface area contributed by atoms with E-state index in [1.165, 1.54) is 0 Å². The second-order valence-corrected chi connectivity index (χ2v) is 6.00. The van der Waals surface area contributed by atoms with Crippen LogP contribution in [0.15, 0.2) is 24.3 Å². The standard InChI is InChI=1S/C13H21NO3S/c1-3-5-10-18(15,16)14-11-12-6-8-13(9-7-12)17-4-2/h6-9,14H,3-5,10-11H2,1-2H3. The molecule has 5 heteroatoms. The molecule has 0 aliphatic carbocycles. The summed E-state index contributed by atoms with van der Waals surface area (Å²) in [6, 6.07) is 7.43. The maximum absolute atomic E-state index is 11.6. The Morgan fingerprint density at radius 2 is 1.83 bits per heavy atom. The van der Waals surface area contributed by atoms with Crippen molar-refractivity contribution in [1.29, 1.82) is 0 Å². The van der Waals surface area contributed by atoms with Gasteiger partial charge in [-0.3, -0.25) is 0 Å². The molecule has 0 radical (unpaired) electrons. The third-order valence-corrected chi connectivity index (χ3v) is 3.91. The molecule has 0 amide bonds. The predicted molar refractivity (Wildman–Crippen MR) is 73.1 cm³/mol. The number of nitrogens with one attached hydrogen (secondary N) is 1. The van der Waals surface area contributed by atoms with Gasteiger partial charge in [-0.15, -0.1) is 0 Å². The van der Waals surface area contributed by atoms with Gasteiger partial charge in [0, 0.05) is 6.54 Å². The minimum absolute atomic E-state index is 0.195. The molecule has 0 aromatic heterocycles. The number of hydrogen-bond acceptors (Lipinski definition) is 3. The van der Waals surface area contributed by atoms with E-state index >= 15 is 0 Å². The molecule has 0 bridgehead atoms. The molecule has 1 aromatic rings. The van der Waals surface area contributed by atoms with Crippen LogP contribution in [0.25, 0.3) is 0 Å². The lowest BCUT2D eigenvalue weighted by molar-refractivity contribution is 0.340. The van der Waals surface area contributed by atoms with Crippen molar-refractivity contribution in [3.05, 3.63) is 29.8 Å². The Morgan fingerprint density at radius 3 is 2.39 bits per heavy atom. The van der Waals surface area contributed by atoms with E-state index in [0.717, 1.165) is 17.7 Å². The molecule has 0 fully saturated rings. The topological polar surface area (TPSA) is 55.4 Å². The van der Waals surface area contributed by atoms with E-state index in [-0.39, 0.29) is 5.75 Å². The van der Waals surface area contributed by atoms with Crippen LogP contribution in [-0.4, -0.2) is 20.8 Å². The van der Waals surface area contributed by atoms with Crippen molar-refractivity contribution in [2.45, 2.75) is 33.2 Å². The number of ether oxygens (including phenoxy) is 1. The highest BCUT2D eigenvalue weighted by Crippen LogP contribution is 2.12. The van der Waals surface area contributed by atoms with Gasteiger partial charge in [-0.2, -0.15) is 0 Å². The van der Waals surface area contributed by atoms with E-state index in [1.54, 1.807) is 0 Å². The second-order valence-electron chi connectivity index (χ2n) is 4.07. The fourth-order valence-corrected chi connectivity index (χ4v) is 2.67. The molecule has 1 rings (SSSR count). The molecule has 0 heterocycles. The normalized spacial score (nSPS) is 11.4. The Bertz CT molecular complexity index is 440. The molecule has 1 aromatic carbocycles. The van der Waals surface area contributed by atoms with Crippen molar-refractivity contribution in [2.24, 2.45) is 0 Å². The van der Waals surface area contributed by atoms with Crippen LogP contribution in [0.5, 0.6) is 5.75 Å². The number of hydrogen-bond donors (Lipinski definition) is 1. The maximum Gasteiger partial charge on any atom is 0.211 e. The van der Waals surface area contributed by atoms with Crippen molar-refractivity contribution >= 4 is 10.0 Å². The van der Waals surface area contributed by atoms with Crippen molar-refractivity contribution in [2.75, 3.05) is 12.4 Å². The first-order valence-corrected chi connectivity index (χ1v) is 7.91. The van der Waals surface area contributed by atoms with Crippen LogP contribution in [0.2, 0.25) is 0 Å². The van der Waals surface area contributed by atoms with E-state index in [9.17, 15) is 8.42 Å². The van der Waals surface area contributed by atoms with Gasteiger partial charge in [0.1, 0.15) is 5.75 Å². The van der Waals surface area contributed by atoms with Gasteiger partial charge < -0.3 is 4.74 Å².